The molecule has 2 heterocycles. The topological polar surface area (TPSA) is 11.4 Å². The first kappa shape index (κ1) is 32.3. The Labute approximate surface area is 327 Å². The van der Waals surface area contributed by atoms with Crippen LogP contribution in [-0.2, 0) is 5.41 Å². The van der Waals surface area contributed by atoms with Gasteiger partial charge in [0.1, 0.15) is 0 Å². The molecule has 2 aliphatic rings. The molecule has 3 heteroatoms. The van der Waals surface area contributed by atoms with Crippen molar-refractivity contribution in [2.24, 2.45) is 0 Å². The van der Waals surface area contributed by atoms with Crippen molar-refractivity contribution in [3.63, 3.8) is 0 Å². The van der Waals surface area contributed by atoms with E-state index in [1.807, 2.05) is 0 Å². The molecule has 0 spiro atoms. The van der Waals surface area contributed by atoms with E-state index >= 15 is 0 Å². The number of rotatable bonds is 6. The molecule has 11 rings (SSSR count). The van der Waals surface area contributed by atoms with E-state index in [-0.39, 0.29) is 11.5 Å². The fourth-order valence-corrected chi connectivity index (χ4v) is 9.30. The third kappa shape index (κ3) is 4.98. The Kier molecular flexibility index (Phi) is 7.36. The first-order valence-electron chi connectivity index (χ1n) is 19.5. The molecule has 1 aliphatic heterocycles. The summed E-state index contributed by atoms with van der Waals surface area (Å²) in [7, 11) is 0. The molecule has 0 N–H and O–H groups in total. The number of nitrogens with zero attached hydrogens (tertiary/aromatic N) is 3. The van der Waals surface area contributed by atoms with Gasteiger partial charge in [-0.15, -0.1) is 0 Å². The van der Waals surface area contributed by atoms with Crippen LogP contribution in [0.2, 0.25) is 0 Å². The highest BCUT2D eigenvalue weighted by Crippen LogP contribution is 2.54. The lowest BCUT2D eigenvalue weighted by Crippen LogP contribution is -2.39. The summed E-state index contributed by atoms with van der Waals surface area (Å²) in [5.41, 5.74) is 12.9. The van der Waals surface area contributed by atoms with Gasteiger partial charge in [0.15, 0.2) is 0 Å². The summed E-state index contributed by atoms with van der Waals surface area (Å²) in [5.74, 6) is 0. The summed E-state index contributed by atoms with van der Waals surface area (Å²) in [6.45, 7) is 2.40. The van der Waals surface area contributed by atoms with Gasteiger partial charge in [0.2, 0.25) is 0 Å². The van der Waals surface area contributed by atoms with Crippen LogP contribution < -0.4 is 9.80 Å². The molecule has 56 heavy (non-hydrogen) atoms. The minimum atomic E-state index is -0.209. The van der Waals surface area contributed by atoms with Crippen molar-refractivity contribution < 1.29 is 0 Å². The zero-order valence-electron chi connectivity index (χ0n) is 31.1. The van der Waals surface area contributed by atoms with Gasteiger partial charge in [-0.1, -0.05) is 133 Å². The van der Waals surface area contributed by atoms with Crippen LogP contribution >= 0.6 is 0 Å². The number of hydrogen-bond acceptors (Lipinski definition) is 2. The standard InChI is InChI=1S/C53H39N3/c1-53-34-14-13-23-51(53)56(44-31-29-43(30-32-44)54(40-18-7-3-8-19-40)42-27-24-38(25-28-42)37-15-5-2-6-16-37)50-36-49-46(35-47(50)53)52-45-22-12-11-17-39(45)26-33-48(52)55(49)41-20-9-4-10-21-41/h2-36,51H,1H3. The number of allylic oxidation sites excluding steroid dienone is 2. The summed E-state index contributed by atoms with van der Waals surface area (Å²) in [6.07, 6.45) is 9.21. The van der Waals surface area contributed by atoms with Crippen LogP contribution in [-0.4, -0.2) is 10.6 Å². The first-order valence-corrected chi connectivity index (χ1v) is 19.5. The van der Waals surface area contributed by atoms with Gasteiger partial charge < -0.3 is 14.4 Å². The second-order valence-electron chi connectivity index (χ2n) is 15.2. The highest BCUT2D eigenvalue weighted by atomic mass is 15.2. The number of fused-ring (bicyclic) bond motifs is 8. The van der Waals surface area contributed by atoms with E-state index in [2.05, 4.69) is 234 Å². The van der Waals surface area contributed by atoms with Crippen LogP contribution in [0.4, 0.5) is 28.4 Å². The van der Waals surface area contributed by atoms with E-state index in [1.165, 1.54) is 60.6 Å². The van der Waals surface area contributed by atoms with Gasteiger partial charge in [-0.2, -0.15) is 0 Å². The van der Waals surface area contributed by atoms with Crippen molar-refractivity contribution in [3.8, 4) is 16.8 Å². The minimum absolute atomic E-state index is 0.129. The maximum Gasteiger partial charge on any atom is 0.0655 e. The molecule has 0 saturated carbocycles. The normalized spacial score (nSPS) is 17.1. The molecule has 1 aliphatic carbocycles. The number of hydrogen-bond donors (Lipinski definition) is 0. The Morgan fingerprint density at radius 1 is 0.500 bits per heavy atom. The Bertz CT molecular complexity index is 2960. The second-order valence-corrected chi connectivity index (χ2v) is 15.2. The highest BCUT2D eigenvalue weighted by molar-refractivity contribution is 6.22. The predicted octanol–water partition coefficient (Wildman–Crippen LogP) is 14.0. The molecule has 0 amide bonds. The quantitative estimate of drug-likeness (QED) is 0.170. The average molecular weight is 718 g/mol. The molecule has 0 saturated heterocycles. The van der Waals surface area contributed by atoms with Crippen LogP contribution in [0.1, 0.15) is 12.5 Å². The minimum Gasteiger partial charge on any atom is -0.333 e. The van der Waals surface area contributed by atoms with Crippen LogP contribution in [0.3, 0.4) is 0 Å². The van der Waals surface area contributed by atoms with Crippen LogP contribution in [0.15, 0.2) is 212 Å². The number of anilines is 5. The molecular formula is C53H39N3. The maximum atomic E-state index is 2.56. The monoisotopic (exact) mass is 717 g/mol. The van der Waals surface area contributed by atoms with Gasteiger partial charge in [0.05, 0.1) is 17.1 Å². The van der Waals surface area contributed by atoms with E-state index in [9.17, 15) is 0 Å². The molecule has 266 valence electrons. The van der Waals surface area contributed by atoms with Gasteiger partial charge in [-0.25, -0.2) is 0 Å². The zero-order chi connectivity index (χ0) is 37.2. The molecule has 3 nitrogen and oxygen atoms in total. The third-order valence-electron chi connectivity index (χ3n) is 12.0. The summed E-state index contributed by atoms with van der Waals surface area (Å²) < 4.78 is 2.45. The molecule has 9 aromatic rings. The lowest BCUT2D eigenvalue weighted by molar-refractivity contribution is 0.551. The molecule has 1 aromatic heterocycles. The Morgan fingerprint density at radius 2 is 1.12 bits per heavy atom. The predicted molar refractivity (Wildman–Crippen MR) is 236 cm³/mol. The smallest absolute Gasteiger partial charge is 0.0655 e. The van der Waals surface area contributed by atoms with Crippen LogP contribution in [0.5, 0.6) is 0 Å². The second kappa shape index (κ2) is 12.8. The molecule has 2 atom stereocenters. The average Bonchev–Trinajstić information content (AvgIpc) is 3.73. The third-order valence-corrected chi connectivity index (χ3v) is 12.0. The van der Waals surface area contributed by atoms with E-state index < -0.39 is 0 Å². The summed E-state index contributed by atoms with van der Waals surface area (Å²) in [4.78, 5) is 4.90. The van der Waals surface area contributed by atoms with E-state index in [0.29, 0.717) is 0 Å². The van der Waals surface area contributed by atoms with Gasteiger partial charge in [0, 0.05) is 50.3 Å². The van der Waals surface area contributed by atoms with E-state index in [0.717, 1.165) is 22.7 Å². The Morgan fingerprint density at radius 3 is 1.88 bits per heavy atom. The molecular weight excluding hydrogens is 679 g/mol. The fourth-order valence-electron chi connectivity index (χ4n) is 9.30. The summed E-state index contributed by atoms with van der Waals surface area (Å²) in [5, 5.41) is 5.14. The van der Waals surface area contributed by atoms with Gasteiger partial charge >= 0.3 is 0 Å². The van der Waals surface area contributed by atoms with Gasteiger partial charge in [-0.3, -0.25) is 0 Å². The highest BCUT2D eigenvalue weighted by Gasteiger charge is 2.47. The zero-order valence-corrected chi connectivity index (χ0v) is 31.1. The largest absolute Gasteiger partial charge is 0.333 e. The Hall–Kier alpha value is -7.10. The SMILES string of the molecule is CC12C=CC=CC1N(c1ccc(N(c3ccccc3)c3ccc(-c4ccccc4)cc3)cc1)c1cc3c(cc12)c1c2ccccc2ccc1n3-c1ccccc1. The van der Waals surface area contributed by atoms with Crippen molar-refractivity contribution in [1.82, 2.24) is 4.57 Å². The van der Waals surface area contributed by atoms with Gasteiger partial charge in [-0.05, 0) is 113 Å². The van der Waals surface area contributed by atoms with Crippen molar-refractivity contribution in [1.29, 1.82) is 0 Å². The van der Waals surface area contributed by atoms with E-state index in [1.54, 1.807) is 0 Å². The lowest BCUT2D eigenvalue weighted by atomic mass is 9.76. The van der Waals surface area contributed by atoms with Crippen LogP contribution in [0.25, 0.3) is 49.4 Å². The van der Waals surface area contributed by atoms with E-state index in [4.69, 9.17) is 0 Å². The maximum absolute atomic E-state index is 2.56. The molecule has 0 bridgehead atoms. The lowest BCUT2D eigenvalue weighted by Gasteiger charge is -2.35. The molecule has 2 unspecified atom stereocenters. The molecule has 0 fully saturated rings. The number of aromatic nitrogens is 1. The number of para-hydroxylation sites is 2. The van der Waals surface area contributed by atoms with Crippen molar-refractivity contribution >= 4 is 61.0 Å². The van der Waals surface area contributed by atoms with Crippen molar-refractivity contribution in [2.75, 3.05) is 9.80 Å². The first-order chi connectivity index (χ1) is 27.7. The summed E-state index contributed by atoms with van der Waals surface area (Å²) >= 11 is 0. The van der Waals surface area contributed by atoms with Crippen molar-refractivity contribution in [3.05, 3.63) is 218 Å². The molecule has 0 radical (unpaired) electrons. The fraction of sp³-hybridized carbons (Fsp3) is 0.0566. The summed E-state index contributed by atoms with van der Waals surface area (Å²) in [6, 6.07) is 68.5. The number of benzene rings is 8. The van der Waals surface area contributed by atoms with Crippen LogP contribution in [0, 0.1) is 0 Å². The Balaban J connectivity index is 1.07. The molecule has 8 aromatic carbocycles. The van der Waals surface area contributed by atoms with Crippen molar-refractivity contribution in [2.45, 2.75) is 18.4 Å². The van der Waals surface area contributed by atoms with Gasteiger partial charge in [0.25, 0.3) is 0 Å².